The highest BCUT2D eigenvalue weighted by Crippen LogP contribution is 2.46. The van der Waals surface area contributed by atoms with Gasteiger partial charge in [0.15, 0.2) is 28.9 Å². The number of nitriles is 1. The van der Waals surface area contributed by atoms with Crippen LogP contribution in [0.15, 0.2) is 47.1 Å². The van der Waals surface area contributed by atoms with Crippen molar-refractivity contribution in [2.24, 2.45) is 0 Å². The normalized spacial score (nSPS) is 13.0. The molecule has 0 amide bonds. The molecule has 0 saturated heterocycles. The maximum absolute atomic E-state index is 14.7. The second-order valence-corrected chi connectivity index (χ2v) is 5.90. The lowest BCUT2D eigenvalue weighted by Crippen LogP contribution is -1.94. The van der Waals surface area contributed by atoms with E-state index in [0.717, 1.165) is 6.07 Å². The van der Waals surface area contributed by atoms with E-state index in [9.17, 15) is 24.3 Å². The Bertz CT molecular complexity index is 1120. The first-order valence-corrected chi connectivity index (χ1v) is 7.72. The molecule has 0 spiro atoms. The number of hydrogen-bond acceptors (Lipinski definition) is 4. The summed E-state index contributed by atoms with van der Waals surface area (Å²) in [6.07, 6.45) is 1.58. The van der Waals surface area contributed by atoms with E-state index in [-0.39, 0.29) is 23.3 Å². The molecule has 2 aromatic carbocycles. The molecule has 128 valence electrons. The number of hydrogen-bond donors (Lipinski definition) is 2. The highest BCUT2D eigenvalue weighted by Gasteiger charge is 2.31. The molecule has 1 aliphatic rings. The van der Waals surface area contributed by atoms with Gasteiger partial charge in [-0.05, 0) is 47.4 Å². The van der Waals surface area contributed by atoms with Crippen molar-refractivity contribution >= 4 is 11.1 Å². The van der Waals surface area contributed by atoms with E-state index in [2.05, 4.69) is 0 Å². The average molecular weight is 351 g/mol. The third-order valence-corrected chi connectivity index (χ3v) is 4.44. The van der Waals surface area contributed by atoms with Crippen molar-refractivity contribution in [1.29, 1.82) is 5.26 Å². The van der Waals surface area contributed by atoms with Crippen LogP contribution in [-0.2, 0) is 6.42 Å². The molecule has 0 unspecified atom stereocenters. The smallest absolute Gasteiger partial charge is 0.173 e. The van der Waals surface area contributed by atoms with Gasteiger partial charge in [0.1, 0.15) is 6.07 Å². The second kappa shape index (κ2) is 5.74. The minimum atomic E-state index is -0.827. The van der Waals surface area contributed by atoms with Crippen LogP contribution in [0, 0.1) is 23.0 Å². The third kappa shape index (κ3) is 2.25. The molecule has 2 N–H and O–H groups in total. The second-order valence-electron chi connectivity index (χ2n) is 5.90. The number of halogens is 2. The number of nitrogens with zero attached hydrogens (tertiary/aromatic N) is 1. The van der Waals surface area contributed by atoms with Crippen LogP contribution in [-0.4, -0.2) is 10.2 Å². The van der Waals surface area contributed by atoms with Crippen LogP contribution in [0.4, 0.5) is 8.78 Å². The number of phenols is 2. The third-order valence-electron chi connectivity index (χ3n) is 4.44. The van der Waals surface area contributed by atoms with E-state index in [4.69, 9.17) is 4.42 Å². The minimum Gasteiger partial charge on any atom is -0.505 e. The summed E-state index contributed by atoms with van der Waals surface area (Å²) >= 11 is 0. The molecule has 1 aliphatic carbocycles. The van der Waals surface area contributed by atoms with Gasteiger partial charge >= 0.3 is 0 Å². The molecule has 26 heavy (non-hydrogen) atoms. The van der Waals surface area contributed by atoms with Crippen molar-refractivity contribution in [1.82, 2.24) is 0 Å². The zero-order valence-electron chi connectivity index (χ0n) is 13.3. The SMILES string of the molecule is N#Cc1ccoc1C1=C(c2ccc(O)c(F)c2)Cc2ccc(O)c(F)c21. The van der Waals surface area contributed by atoms with Crippen LogP contribution in [0.2, 0.25) is 0 Å². The molecule has 0 bridgehead atoms. The van der Waals surface area contributed by atoms with Crippen molar-refractivity contribution in [2.45, 2.75) is 6.42 Å². The van der Waals surface area contributed by atoms with Gasteiger partial charge in [-0.3, -0.25) is 0 Å². The van der Waals surface area contributed by atoms with Gasteiger partial charge in [-0.1, -0.05) is 12.1 Å². The van der Waals surface area contributed by atoms with Crippen LogP contribution in [0.5, 0.6) is 11.5 Å². The highest BCUT2D eigenvalue weighted by atomic mass is 19.1. The Kier molecular flexibility index (Phi) is 3.51. The van der Waals surface area contributed by atoms with Crippen LogP contribution in [0.25, 0.3) is 11.1 Å². The number of aromatic hydroxyl groups is 2. The van der Waals surface area contributed by atoms with E-state index in [1.807, 2.05) is 6.07 Å². The maximum Gasteiger partial charge on any atom is 0.173 e. The Morgan fingerprint density at radius 3 is 2.54 bits per heavy atom. The quantitative estimate of drug-likeness (QED) is 0.719. The maximum atomic E-state index is 14.7. The lowest BCUT2D eigenvalue weighted by Gasteiger charge is -2.09. The van der Waals surface area contributed by atoms with Crippen molar-refractivity contribution in [3.63, 3.8) is 0 Å². The van der Waals surface area contributed by atoms with Crippen LogP contribution >= 0.6 is 0 Å². The van der Waals surface area contributed by atoms with Gasteiger partial charge in [0, 0.05) is 11.1 Å². The lowest BCUT2D eigenvalue weighted by atomic mass is 9.96. The van der Waals surface area contributed by atoms with Gasteiger partial charge in [-0.2, -0.15) is 5.26 Å². The molecule has 0 atom stereocenters. The van der Waals surface area contributed by atoms with Gasteiger partial charge in [0.2, 0.25) is 0 Å². The summed E-state index contributed by atoms with van der Waals surface area (Å²) in [6.45, 7) is 0. The molecule has 4 nitrogen and oxygen atoms in total. The highest BCUT2D eigenvalue weighted by molar-refractivity contribution is 6.04. The van der Waals surface area contributed by atoms with E-state index >= 15 is 0 Å². The largest absolute Gasteiger partial charge is 0.505 e. The van der Waals surface area contributed by atoms with Gasteiger partial charge < -0.3 is 14.6 Å². The number of phenolic OH excluding ortho intramolecular Hbond substituents is 2. The Labute approximate surface area is 146 Å². The predicted molar refractivity (Wildman–Crippen MR) is 89.2 cm³/mol. The molecule has 0 fully saturated rings. The Morgan fingerprint density at radius 2 is 1.81 bits per heavy atom. The molecule has 0 aliphatic heterocycles. The minimum absolute atomic E-state index is 0.125. The monoisotopic (exact) mass is 351 g/mol. The summed E-state index contributed by atoms with van der Waals surface area (Å²) in [5.74, 6) is -2.50. The molecule has 1 heterocycles. The molecular formula is C20H11F2NO3. The predicted octanol–water partition coefficient (Wildman–Crippen LogP) is 4.36. The summed E-state index contributed by atoms with van der Waals surface area (Å²) in [5.41, 5.74) is 2.16. The average Bonchev–Trinajstić information content (AvgIpc) is 3.24. The first-order valence-electron chi connectivity index (χ1n) is 7.72. The molecule has 0 saturated carbocycles. The van der Waals surface area contributed by atoms with E-state index in [1.165, 1.54) is 30.5 Å². The van der Waals surface area contributed by atoms with Crippen LogP contribution in [0.3, 0.4) is 0 Å². The number of furan rings is 1. The molecular weight excluding hydrogens is 340 g/mol. The number of rotatable bonds is 2. The zero-order chi connectivity index (χ0) is 18.4. The topological polar surface area (TPSA) is 77.4 Å². The molecule has 6 heteroatoms. The fourth-order valence-electron chi connectivity index (χ4n) is 3.23. The van der Waals surface area contributed by atoms with Crippen LogP contribution < -0.4 is 0 Å². The summed E-state index contributed by atoms with van der Waals surface area (Å²) in [5, 5.41) is 28.5. The Morgan fingerprint density at radius 1 is 1.04 bits per heavy atom. The van der Waals surface area contributed by atoms with Crippen molar-refractivity contribution < 1.29 is 23.4 Å². The lowest BCUT2D eigenvalue weighted by molar-refractivity contribution is 0.431. The summed E-state index contributed by atoms with van der Waals surface area (Å²) in [6, 6.07) is 10.1. The van der Waals surface area contributed by atoms with Gasteiger partial charge in [-0.25, -0.2) is 8.78 Å². The van der Waals surface area contributed by atoms with E-state index in [0.29, 0.717) is 22.3 Å². The number of benzene rings is 2. The molecule has 0 radical (unpaired) electrons. The first kappa shape index (κ1) is 15.9. The fourth-order valence-corrected chi connectivity index (χ4v) is 3.23. The van der Waals surface area contributed by atoms with E-state index < -0.39 is 23.1 Å². The van der Waals surface area contributed by atoms with Crippen LogP contribution in [0.1, 0.15) is 28.0 Å². The van der Waals surface area contributed by atoms with Gasteiger partial charge in [0.05, 0.1) is 11.8 Å². The van der Waals surface area contributed by atoms with Gasteiger partial charge in [-0.15, -0.1) is 0 Å². The molecule has 3 aromatic rings. The standard InChI is InChI=1S/C20H11F2NO3/c21-14-8-10(1-3-15(14)24)13-7-11-2-4-16(25)19(22)17(11)18(13)20-12(9-23)5-6-26-20/h1-6,8,24-25H,7H2. The van der Waals surface area contributed by atoms with Crippen molar-refractivity contribution in [3.8, 4) is 17.6 Å². The van der Waals surface area contributed by atoms with Gasteiger partial charge in [0.25, 0.3) is 0 Å². The number of fused-ring (bicyclic) bond motifs is 1. The Hall–Kier alpha value is -3.59. The zero-order valence-corrected chi connectivity index (χ0v) is 13.3. The first-order chi connectivity index (χ1) is 12.5. The summed E-state index contributed by atoms with van der Waals surface area (Å²) < 4.78 is 34.0. The van der Waals surface area contributed by atoms with Crippen molar-refractivity contribution in [2.75, 3.05) is 0 Å². The summed E-state index contributed by atoms with van der Waals surface area (Å²) in [7, 11) is 0. The van der Waals surface area contributed by atoms with Crippen molar-refractivity contribution in [3.05, 3.63) is 82.3 Å². The fraction of sp³-hybridized carbons (Fsp3) is 0.0500. The summed E-state index contributed by atoms with van der Waals surface area (Å²) in [4.78, 5) is 0. The number of allylic oxidation sites excluding steroid dienone is 1. The Balaban J connectivity index is 2.05. The van der Waals surface area contributed by atoms with E-state index in [1.54, 1.807) is 6.07 Å². The molecule has 4 rings (SSSR count). The molecule has 1 aromatic heterocycles.